The van der Waals surface area contributed by atoms with Gasteiger partial charge in [0.2, 0.25) is 0 Å². The largest absolute Gasteiger partial charge is 0.324 e. The van der Waals surface area contributed by atoms with Crippen LogP contribution in [0.25, 0.3) is 10.2 Å². The lowest BCUT2D eigenvalue weighted by molar-refractivity contribution is 0.101. The summed E-state index contributed by atoms with van der Waals surface area (Å²) in [6.07, 6.45) is 2.78. The highest BCUT2D eigenvalue weighted by Crippen LogP contribution is 2.33. The van der Waals surface area contributed by atoms with Gasteiger partial charge in [-0.3, -0.25) is 19.5 Å². The molecule has 3 heterocycles. The highest BCUT2D eigenvalue weighted by atomic mass is 32.1. The predicted molar refractivity (Wildman–Crippen MR) is 120 cm³/mol. The Morgan fingerprint density at radius 2 is 2.03 bits per heavy atom. The molecule has 0 fully saturated rings. The number of ketones is 1. The molecular weight excluding hydrogens is 400 g/mol. The Labute approximate surface area is 178 Å². The molecule has 8 heteroatoms. The van der Waals surface area contributed by atoms with Crippen LogP contribution in [0.4, 0.5) is 15.5 Å². The zero-order valence-electron chi connectivity index (χ0n) is 17.2. The number of anilines is 2. The molecule has 1 aliphatic heterocycles. The second-order valence-corrected chi connectivity index (χ2v) is 8.87. The minimum Gasteiger partial charge on any atom is -0.308 e. The fourth-order valence-electron chi connectivity index (χ4n) is 3.75. The van der Waals surface area contributed by atoms with E-state index in [1.54, 1.807) is 28.8 Å². The lowest BCUT2D eigenvalue weighted by Gasteiger charge is -2.08. The maximum atomic E-state index is 13.1. The monoisotopic (exact) mass is 424 g/mol. The third kappa shape index (κ3) is 3.87. The van der Waals surface area contributed by atoms with Crippen molar-refractivity contribution in [3.8, 4) is 0 Å². The van der Waals surface area contributed by atoms with Crippen molar-refractivity contribution in [3.05, 3.63) is 51.6 Å². The molecule has 1 aliphatic rings. The number of rotatable bonds is 3. The van der Waals surface area contributed by atoms with Crippen molar-refractivity contribution >= 4 is 44.1 Å². The highest BCUT2D eigenvalue weighted by Gasteiger charge is 2.21. The van der Waals surface area contributed by atoms with Gasteiger partial charge in [-0.15, -0.1) is 0 Å². The molecule has 4 rings (SSSR count). The van der Waals surface area contributed by atoms with E-state index in [2.05, 4.69) is 17.6 Å². The molecule has 1 atom stereocenters. The Morgan fingerprint density at radius 3 is 2.80 bits per heavy atom. The average molecular weight is 425 g/mol. The molecule has 3 aromatic rings. The Kier molecular flexibility index (Phi) is 5.42. The quantitative estimate of drug-likeness (QED) is 0.602. The Hall–Kier alpha value is -3.00. The van der Waals surface area contributed by atoms with Crippen LogP contribution in [0.1, 0.15) is 48.4 Å². The number of aromatic nitrogens is 2. The Morgan fingerprint density at radius 1 is 1.23 bits per heavy atom. The number of thiophene rings is 1. The number of benzene rings is 1. The molecule has 1 aromatic carbocycles. The van der Waals surface area contributed by atoms with E-state index < -0.39 is 6.03 Å². The molecule has 0 spiro atoms. The first kappa shape index (κ1) is 20.3. The summed E-state index contributed by atoms with van der Waals surface area (Å²) >= 11 is 1.31. The zero-order chi connectivity index (χ0) is 21.4. The SMILES string of the molecule is CC(=O)c1cccc(NC(=O)Nc2sc3nc4n(c(=O)c3c2C)CCC(C)CC4)c1. The number of fused-ring (bicyclic) bond motifs is 2. The fraction of sp³-hybridized carbons (Fsp3) is 0.364. The second-order valence-electron chi connectivity index (χ2n) is 7.87. The van der Waals surface area contributed by atoms with Gasteiger partial charge in [0.25, 0.3) is 5.56 Å². The van der Waals surface area contributed by atoms with Gasteiger partial charge in [-0.2, -0.15) is 0 Å². The van der Waals surface area contributed by atoms with Gasteiger partial charge in [-0.1, -0.05) is 30.4 Å². The Balaban J connectivity index is 1.61. The number of amides is 2. The molecule has 2 N–H and O–H groups in total. The van der Waals surface area contributed by atoms with Gasteiger partial charge in [0, 0.05) is 24.2 Å². The van der Waals surface area contributed by atoms with Crippen LogP contribution in [0.2, 0.25) is 0 Å². The lowest BCUT2D eigenvalue weighted by atomic mass is 10.0. The van der Waals surface area contributed by atoms with Crippen molar-refractivity contribution < 1.29 is 9.59 Å². The van der Waals surface area contributed by atoms with Crippen molar-refractivity contribution in [1.82, 2.24) is 9.55 Å². The molecular formula is C22H24N4O3S. The van der Waals surface area contributed by atoms with E-state index >= 15 is 0 Å². The first-order valence-corrected chi connectivity index (χ1v) is 10.9. The molecule has 156 valence electrons. The summed E-state index contributed by atoms with van der Waals surface area (Å²) in [4.78, 5) is 42.6. The van der Waals surface area contributed by atoms with Gasteiger partial charge >= 0.3 is 6.03 Å². The number of nitrogens with one attached hydrogen (secondary N) is 2. The minimum absolute atomic E-state index is 0.0273. The van der Waals surface area contributed by atoms with E-state index in [0.29, 0.717) is 38.9 Å². The topological polar surface area (TPSA) is 93.1 Å². The van der Waals surface area contributed by atoms with Crippen LogP contribution in [0.15, 0.2) is 29.1 Å². The van der Waals surface area contributed by atoms with Crippen molar-refractivity contribution in [2.24, 2.45) is 5.92 Å². The molecule has 0 aliphatic carbocycles. The van der Waals surface area contributed by atoms with E-state index in [9.17, 15) is 14.4 Å². The fourth-order valence-corrected chi connectivity index (χ4v) is 4.84. The summed E-state index contributed by atoms with van der Waals surface area (Å²) in [5.41, 5.74) is 1.75. The third-order valence-electron chi connectivity index (χ3n) is 5.59. The third-order valence-corrected chi connectivity index (χ3v) is 6.69. The molecule has 30 heavy (non-hydrogen) atoms. The molecule has 0 bridgehead atoms. The average Bonchev–Trinajstić information content (AvgIpc) is 2.88. The molecule has 2 aromatic heterocycles. The number of urea groups is 1. The number of aryl methyl sites for hydroxylation is 2. The van der Waals surface area contributed by atoms with Crippen LogP contribution in [-0.2, 0) is 13.0 Å². The standard InChI is InChI=1S/C22H24N4O3S/c1-12-7-8-17-24-20-18(21(28)26(17)10-9-12)13(2)19(30-20)25-22(29)23-16-6-4-5-15(11-16)14(3)27/h4-6,11-12H,7-10H2,1-3H3,(H2,23,25,29). The van der Waals surface area contributed by atoms with E-state index in [0.717, 1.165) is 30.7 Å². The van der Waals surface area contributed by atoms with Crippen molar-refractivity contribution in [1.29, 1.82) is 0 Å². The number of hydrogen-bond donors (Lipinski definition) is 2. The number of hydrogen-bond acceptors (Lipinski definition) is 5. The van der Waals surface area contributed by atoms with E-state index in [4.69, 9.17) is 4.98 Å². The van der Waals surface area contributed by atoms with Gasteiger partial charge in [0.05, 0.1) is 5.39 Å². The summed E-state index contributed by atoms with van der Waals surface area (Å²) in [6.45, 7) is 6.20. The Bertz CT molecular complexity index is 1210. The summed E-state index contributed by atoms with van der Waals surface area (Å²) in [6, 6.07) is 6.34. The molecule has 0 radical (unpaired) electrons. The van der Waals surface area contributed by atoms with Crippen molar-refractivity contribution in [3.63, 3.8) is 0 Å². The number of Topliss-reactive ketones (excluding diaryl/α,β-unsaturated/α-hetero) is 1. The maximum Gasteiger partial charge on any atom is 0.324 e. The summed E-state index contributed by atoms with van der Waals surface area (Å²) in [5, 5.41) is 6.75. The zero-order valence-corrected chi connectivity index (χ0v) is 18.1. The molecule has 0 saturated heterocycles. The number of carbonyl (C=O) groups is 2. The first-order chi connectivity index (χ1) is 14.3. The number of carbonyl (C=O) groups excluding carboxylic acids is 2. The maximum absolute atomic E-state index is 13.1. The first-order valence-electron chi connectivity index (χ1n) is 10.1. The lowest BCUT2D eigenvalue weighted by Crippen LogP contribution is -2.24. The summed E-state index contributed by atoms with van der Waals surface area (Å²) < 4.78 is 1.79. The minimum atomic E-state index is -0.430. The van der Waals surface area contributed by atoms with Crippen LogP contribution in [0.3, 0.4) is 0 Å². The summed E-state index contributed by atoms with van der Waals surface area (Å²) in [5.74, 6) is 1.34. The van der Waals surface area contributed by atoms with E-state index in [-0.39, 0.29) is 11.3 Å². The molecule has 7 nitrogen and oxygen atoms in total. The van der Waals surface area contributed by atoms with Gasteiger partial charge in [0.15, 0.2) is 5.78 Å². The predicted octanol–water partition coefficient (Wildman–Crippen LogP) is 4.59. The van der Waals surface area contributed by atoms with Gasteiger partial charge < -0.3 is 5.32 Å². The van der Waals surface area contributed by atoms with Crippen LogP contribution >= 0.6 is 11.3 Å². The van der Waals surface area contributed by atoms with E-state index in [1.807, 2.05) is 6.92 Å². The van der Waals surface area contributed by atoms with Crippen LogP contribution in [-0.4, -0.2) is 21.4 Å². The summed E-state index contributed by atoms with van der Waals surface area (Å²) in [7, 11) is 0. The van der Waals surface area contributed by atoms with Crippen molar-refractivity contribution in [2.75, 3.05) is 10.6 Å². The smallest absolute Gasteiger partial charge is 0.308 e. The molecule has 1 unspecified atom stereocenters. The van der Waals surface area contributed by atoms with Gasteiger partial charge in [0.1, 0.15) is 15.7 Å². The number of nitrogens with zero attached hydrogens (tertiary/aromatic N) is 2. The van der Waals surface area contributed by atoms with Gasteiger partial charge in [-0.05, 0) is 50.3 Å². The van der Waals surface area contributed by atoms with E-state index in [1.165, 1.54) is 18.3 Å². The van der Waals surface area contributed by atoms with Crippen molar-refractivity contribution in [2.45, 2.75) is 46.6 Å². The molecule has 2 amide bonds. The highest BCUT2D eigenvalue weighted by molar-refractivity contribution is 7.22. The van der Waals surface area contributed by atoms with Crippen LogP contribution < -0.4 is 16.2 Å². The molecule has 0 saturated carbocycles. The van der Waals surface area contributed by atoms with Crippen LogP contribution in [0, 0.1) is 12.8 Å². The normalized spacial score (nSPS) is 16.0. The van der Waals surface area contributed by atoms with Gasteiger partial charge in [-0.25, -0.2) is 9.78 Å². The second kappa shape index (κ2) is 8.02. The van der Waals surface area contributed by atoms with Crippen LogP contribution in [0.5, 0.6) is 0 Å².